The fourth-order valence-electron chi connectivity index (χ4n) is 2.04. The monoisotopic (exact) mass is 277 g/mol. The van der Waals surface area contributed by atoms with Crippen molar-refractivity contribution in [2.75, 3.05) is 7.11 Å². The normalized spacial score (nSPS) is 14.3. The van der Waals surface area contributed by atoms with Gasteiger partial charge in [0.2, 0.25) is 0 Å². The van der Waals surface area contributed by atoms with E-state index in [9.17, 15) is 0 Å². The van der Waals surface area contributed by atoms with Gasteiger partial charge in [-0.1, -0.05) is 0 Å². The van der Waals surface area contributed by atoms with Gasteiger partial charge in [-0.05, 0) is 32.0 Å². The number of halogens is 1. The smallest absolute Gasteiger partial charge is 0.127 e. The Labute approximate surface area is 117 Å². The standard InChI is InChI=1S/C14H16ClN3O/c1-9(19-3)8-18-13-6-11(7-16)4-5-12(13)17-14(18)10(2)15/h4-6,9-10H,8H2,1-3H3. The second-order valence-corrected chi connectivity index (χ2v) is 5.21. The van der Waals surface area contributed by atoms with Crippen molar-refractivity contribution in [2.45, 2.75) is 31.9 Å². The van der Waals surface area contributed by atoms with Gasteiger partial charge in [0.15, 0.2) is 0 Å². The summed E-state index contributed by atoms with van der Waals surface area (Å²) < 4.78 is 7.34. The van der Waals surface area contributed by atoms with Crippen LogP contribution in [0.15, 0.2) is 18.2 Å². The van der Waals surface area contributed by atoms with Crippen molar-refractivity contribution in [3.63, 3.8) is 0 Å². The van der Waals surface area contributed by atoms with Gasteiger partial charge in [0, 0.05) is 7.11 Å². The van der Waals surface area contributed by atoms with Gasteiger partial charge in [0.25, 0.3) is 0 Å². The van der Waals surface area contributed by atoms with Crippen molar-refractivity contribution in [3.05, 3.63) is 29.6 Å². The van der Waals surface area contributed by atoms with Crippen LogP contribution in [0.5, 0.6) is 0 Å². The van der Waals surface area contributed by atoms with Gasteiger partial charge in [-0.25, -0.2) is 4.98 Å². The molecule has 2 rings (SSSR count). The SMILES string of the molecule is COC(C)Cn1c(C(C)Cl)nc2ccc(C#N)cc21. The Bertz CT molecular complexity index is 627. The Morgan fingerprint density at radius 3 is 2.79 bits per heavy atom. The van der Waals surface area contributed by atoms with Crippen LogP contribution in [-0.4, -0.2) is 22.8 Å². The van der Waals surface area contributed by atoms with Crippen LogP contribution < -0.4 is 0 Å². The van der Waals surface area contributed by atoms with E-state index in [1.165, 1.54) is 0 Å². The fourth-order valence-corrected chi connectivity index (χ4v) is 2.20. The third-order valence-electron chi connectivity index (χ3n) is 3.10. The van der Waals surface area contributed by atoms with Crippen LogP contribution in [-0.2, 0) is 11.3 Å². The Balaban J connectivity index is 2.60. The number of hydrogen-bond acceptors (Lipinski definition) is 3. The summed E-state index contributed by atoms with van der Waals surface area (Å²) in [5.74, 6) is 0.802. The molecule has 4 nitrogen and oxygen atoms in total. The fraction of sp³-hybridized carbons (Fsp3) is 0.429. The Morgan fingerprint density at radius 1 is 1.47 bits per heavy atom. The zero-order valence-electron chi connectivity index (χ0n) is 11.2. The summed E-state index contributed by atoms with van der Waals surface area (Å²) in [6.45, 7) is 4.54. The van der Waals surface area contributed by atoms with E-state index >= 15 is 0 Å². The van der Waals surface area contributed by atoms with E-state index in [0.29, 0.717) is 12.1 Å². The van der Waals surface area contributed by atoms with Gasteiger partial charge in [0.05, 0.1) is 40.7 Å². The first kappa shape index (κ1) is 13.9. The van der Waals surface area contributed by atoms with Gasteiger partial charge in [0.1, 0.15) is 5.82 Å². The molecule has 1 aromatic heterocycles. The van der Waals surface area contributed by atoms with Gasteiger partial charge in [-0.15, -0.1) is 11.6 Å². The van der Waals surface area contributed by atoms with E-state index in [1.807, 2.05) is 30.5 Å². The number of hydrogen-bond donors (Lipinski definition) is 0. The number of nitriles is 1. The first-order valence-corrected chi connectivity index (χ1v) is 6.57. The van der Waals surface area contributed by atoms with Crippen molar-refractivity contribution in [1.29, 1.82) is 5.26 Å². The van der Waals surface area contributed by atoms with Crippen LogP contribution in [0.3, 0.4) is 0 Å². The van der Waals surface area contributed by atoms with Crippen molar-refractivity contribution in [1.82, 2.24) is 9.55 Å². The van der Waals surface area contributed by atoms with E-state index in [2.05, 4.69) is 11.1 Å². The zero-order valence-corrected chi connectivity index (χ0v) is 12.0. The number of benzene rings is 1. The third kappa shape index (κ3) is 2.73. The minimum Gasteiger partial charge on any atom is -0.380 e. The molecule has 1 heterocycles. The summed E-state index contributed by atoms with van der Waals surface area (Å²) in [4.78, 5) is 4.54. The summed E-state index contributed by atoms with van der Waals surface area (Å²) in [6.07, 6.45) is 0.0531. The molecule has 100 valence electrons. The van der Waals surface area contributed by atoms with Gasteiger partial charge in [-0.2, -0.15) is 5.26 Å². The van der Waals surface area contributed by atoms with Crippen LogP contribution in [0, 0.1) is 11.3 Å². The summed E-state index contributed by atoms with van der Waals surface area (Å²) in [5, 5.41) is 8.81. The quantitative estimate of drug-likeness (QED) is 0.806. The van der Waals surface area contributed by atoms with Crippen LogP contribution in [0.2, 0.25) is 0 Å². The zero-order chi connectivity index (χ0) is 14.0. The molecule has 0 aliphatic rings. The molecule has 0 radical (unpaired) electrons. The Kier molecular flexibility index (Phi) is 4.08. The molecule has 19 heavy (non-hydrogen) atoms. The first-order chi connectivity index (χ1) is 9.06. The lowest BCUT2D eigenvalue weighted by molar-refractivity contribution is 0.103. The Morgan fingerprint density at radius 2 is 2.21 bits per heavy atom. The highest BCUT2D eigenvalue weighted by atomic mass is 35.5. The lowest BCUT2D eigenvalue weighted by Gasteiger charge is -2.15. The Hall–Kier alpha value is -1.57. The summed E-state index contributed by atoms with van der Waals surface area (Å²) in [5.41, 5.74) is 2.39. The number of alkyl halides is 1. The molecule has 1 aromatic carbocycles. The van der Waals surface area contributed by atoms with Crippen LogP contribution in [0.1, 0.15) is 30.6 Å². The number of nitrogens with zero attached hydrogens (tertiary/aromatic N) is 3. The predicted octanol–water partition coefficient (Wildman–Crippen LogP) is 3.24. The molecule has 2 aromatic rings. The van der Waals surface area contributed by atoms with E-state index in [-0.39, 0.29) is 11.5 Å². The summed E-state index contributed by atoms with van der Waals surface area (Å²) in [7, 11) is 1.67. The molecular formula is C14H16ClN3O. The molecule has 0 saturated heterocycles. The summed E-state index contributed by atoms with van der Waals surface area (Å²) >= 11 is 6.19. The number of aromatic nitrogens is 2. The van der Waals surface area contributed by atoms with E-state index < -0.39 is 0 Å². The maximum atomic E-state index is 9.00. The van der Waals surface area contributed by atoms with Crippen LogP contribution in [0.25, 0.3) is 11.0 Å². The highest BCUT2D eigenvalue weighted by molar-refractivity contribution is 6.20. The van der Waals surface area contributed by atoms with Crippen LogP contribution >= 0.6 is 11.6 Å². The van der Waals surface area contributed by atoms with E-state index in [0.717, 1.165) is 16.9 Å². The number of ether oxygens (including phenoxy) is 1. The largest absolute Gasteiger partial charge is 0.380 e. The van der Waals surface area contributed by atoms with E-state index in [4.69, 9.17) is 21.6 Å². The van der Waals surface area contributed by atoms with Crippen molar-refractivity contribution < 1.29 is 4.74 Å². The minimum atomic E-state index is -0.193. The van der Waals surface area contributed by atoms with Gasteiger partial charge in [-0.3, -0.25) is 0 Å². The average molecular weight is 278 g/mol. The molecule has 2 unspecified atom stereocenters. The predicted molar refractivity (Wildman–Crippen MR) is 75.2 cm³/mol. The molecule has 0 aliphatic carbocycles. The van der Waals surface area contributed by atoms with Crippen LogP contribution in [0.4, 0.5) is 0 Å². The maximum absolute atomic E-state index is 9.00. The number of imidazole rings is 1. The second kappa shape index (κ2) is 5.60. The number of fused-ring (bicyclic) bond motifs is 1. The molecule has 5 heteroatoms. The molecule has 0 aliphatic heterocycles. The number of methoxy groups -OCH3 is 1. The highest BCUT2D eigenvalue weighted by Gasteiger charge is 2.17. The topological polar surface area (TPSA) is 50.8 Å². The molecule has 0 spiro atoms. The maximum Gasteiger partial charge on any atom is 0.127 e. The summed E-state index contributed by atoms with van der Waals surface area (Å²) in [6, 6.07) is 7.61. The van der Waals surface area contributed by atoms with Gasteiger partial charge >= 0.3 is 0 Å². The second-order valence-electron chi connectivity index (χ2n) is 4.56. The lowest BCUT2D eigenvalue weighted by atomic mass is 10.2. The molecular weight excluding hydrogens is 262 g/mol. The molecule has 0 bridgehead atoms. The minimum absolute atomic E-state index is 0.0531. The first-order valence-electron chi connectivity index (χ1n) is 6.14. The lowest BCUT2D eigenvalue weighted by Crippen LogP contribution is -2.17. The molecule has 0 amide bonds. The average Bonchev–Trinajstić information content (AvgIpc) is 2.76. The molecule has 0 N–H and O–H groups in total. The van der Waals surface area contributed by atoms with Crippen molar-refractivity contribution in [2.24, 2.45) is 0 Å². The van der Waals surface area contributed by atoms with Crippen molar-refractivity contribution in [3.8, 4) is 6.07 Å². The number of rotatable bonds is 4. The van der Waals surface area contributed by atoms with E-state index in [1.54, 1.807) is 13.2 Å². The third-order valence-corrected chi connectivity index (χ3v) is 3.30. The molecule has 2 atom stereocenters. The highest BCUT2D eigenvalue weighted by Crippen LogP contribution is 2.25. The van der Waals surface area contributed by atoms with Gasteiger partial charge < -0.3 is 9.30 Å². The molecule has 0 fully saturated rings. The van der Waals surface area contributed by atoms with Crippen molar-refractivity contribution >= 4 is 22.6 Å². The molecule has 0 saturated carbocycles.